The molecule has 1 aromatic rings. The van der Waals surface area contributed by atoms with Crippen LogP contribution in [-0.4, -0.2) is 28.5 Å². The summed E-state index contributed by atoms with van der Waals surface area (Å²) in [5, 5.41) is 7.79. The summed E-state index contributed by atoms with van der Waals surface area (Å²) >= 11 is 3.44. The van der Waals surface area contributed by atoms with E-state index in [-0.39, 0.29) is 5.56 Å². The van der Waals surface area contributed by atoms with Crippen molar-refractivity contribution in [2.45, 2.75) is 50.8 Å². The van der Waals surface area contributed by atoms with Crippen LogP contribution in [0.3, 0.4) is 0 Å². The SMILES string of the molecule is O=c1c(Br)c(NC2CCOC2C2CC2)cnn1CC1CC1. The van der Waals surface area contributed by atoms with Gasteiger partial charge in [-0.05, 0) is 59.9 Å². The van der Waals surface area contributed by atoms with Gasteiger partial charge in [-0.2, -0.15) is 5.10 Å². The summed E-state index contributed by atoms with van der Waals surface area (Å²) in [6.45, 7) is 1.55. The molecule has 6 heteroatoms. The van der Waals surface area contributed by atoms with E-state index in [1.807, 2.05) is 0 Å². The molecule has 2 heterocycles. The van der Waals surface area contributed by atoms with Crippen LogP contribution < -0.4 is 10.9 Å². The summed E-state index contributed by atoms with van der Waals surface area (Å²) in [7, 11) is 0. The van der Waals surface area contributed by atoms with Crippen molar-refractivity contribution in [3.05, 3.63) is 21.0 Å². The van der Waals surface area contributed by atoms with E-state index in [4.69, 9.17) is 4.74 Å². The van der Waals surface area contributed by atoms with Gasteiger partial charge >= 0.3 is 0 Å². The van der Waals surface area contributed by atoms with E-state index < -0.39 is 0 Å². The predicted molar refractivity (Wildman–Crippen MR) is 83.4 cm³/mol. The van der Waals surface area contributed by atoms with E-state index in [1.54, 1.807) is 10.9 Å². The largest absolute Gasteiger partial charge is 0.377 e. The number of nitrogens with one attached hydrogen (secondary N) is 1. The first kappa shape index (κ1) is 13.8. The lowest BCUT2D eigenvalue weighted by Crippen LogP contribution is -2.33. The van der Waals surface area contributed by atoms with Crippen LogP contribution in [0.15, 0.2) is 15.5 Å². The fraction of sp³-hybridized carbons (Fsp3) is 0.733. The van der Waals surface area contributed by atoms with Gasteiger partial charge in [0.05, 0.1) is 24.0 Å². The molecular weight excluding hydrogens is 334 g/mol. The van der Waals surface area contributed by atoms with Gasteiger partial charge < -0.3 is 10.1 Å². The standard InChI is InChI=1S/C15H20BrN3O2/c16-13-12(7-17-19(15(13)20)8-9-1-2-9)18-11-5-6-21-14(11)10-3-4-10/h7,9-11,14,18H,1-6,8H2. The molecule has 2 unspecified atom stereocenters. The van der Waals surface area contributed by atoms with E-state index in [0.717, 1.165) is 25.3 Å². The van der Waals surface area contributed by atoms with Crippen molar-refractivity contribution in [1.29, 1.82) is 0 Å². The number of anilines is 1. The predicted octanol–water partition coefficient (Wildman–Crippen LogP) is 2.40. The zero-order valence-electron chi connectivity index (χ0n) is 11.9. The minimum absolute atomic E-state index is 0.0335. The first-order valence-electron chi connectivity index (χ1n) is 7.86. The van der Waals surface area contributed by atoms with Gasteiger partial charge in [0.15, 0.2) is 0 Å². The van der Waals surface area contributed by atoms with Crippen LogP contribution >= 0.6 is 15.9 Å². The average molecular weight is 354 g/mol. The Kier molecular flexibility index (Phi) is 3.53. The molecule has 5 nitrogen and oxygen atoms in total. The molecule has 21 heavy (non-hydrogen) atoms. The van der Waals surface area contributed by atoms with E-state index >= 15 is 0 Å². The number of aromatic nitrogens is 2. The van der Waals surface area contributed by atoms with Crippen LogP contribution in [0.25, 0.3) is 0 Å². The second kappa shape index (κ2) is 5.39. The Morgan fingerprint density at radius 2 is 2.14 bits per heavy atom. The van der Waals surface area contributed by atoms with Gasteiger partial charge in [-0.1, -0.05) is 0 Å². The van der Waals surface area contributed by atoms with Crippen LogP contribution in [0.4, 0.5) is 5.69 Å². The molecular formula is C15H20BrN3O2. The van der Waals surface area contributed by atoms with Crippen molar-refractivity contribution in [2.75, 3.05) is 11.9 Å². The normalized spacial score (nSPS) is 28.8. The zero-order valence-corrected chi connectivity index (χ0v) is 13.5. The lowest BCUT2D eigenvalue weighted by Gasteiger charge is -2.21. The van der Waals surface area contributed by atoms with Crippen molar-refractivity contribution in [3.63, 3.8) is 0 Å². The van der Waals surface area contributed by atoms with Gasteiger partial charge in [0, 0.05) is 13.2 Å². The third kappa shape index (κ3) is 2.88. The van der Waals surface area contributed by atoms with Gasteiger partial charge in [-0.15, -0.1) is 0 Å². The highest BCUT2D eigenvalue weighted by molar-refractivity contribution is 9.10. The second-order valence-corrected chi connectivity index (χ2v) is 7.31. The van der Waals surface area contributed by atoms with Gasteiger partial charge in [-0.3, -0.25) is 4.79 Å². The van der Waals surface area contributed by atoms with Crippen LogP contribution in [-0.2, 0) is 11.3 Å². The average Bonchev–Trinajstić information content (AvgIpc) is 3.40. The second-order valence-electron chi connectivity index (χ2n) is 6.52. The van der Waals surface area contributed by atoms with Crippen LogP contribution in [0.2, 0.25) is 0 Å². The Balaban J connectivity index is 1.51. The molecule has 3 fully saturated rings. The zero-order chi connectivity index (χ0) is 14.4. The Labute approximate surface area is 132 Å². The van der Waals surface area contributed by atoms with Gasteiger partial charge in [0.1, 0.15) is 4.47 Å². The van der Waals surface area contributed by atoms with Crippen molar-refractivity contribution in [2.24, 2.45) is 11.8 Å². The Morgan fingerprint density at radius 1 is 1.33 bits per heavy atom. The number of halogens is 1. The van der Waals surface area contributed by atoms with Crippen molar-refractivity contribution in [1.82, 2.24) is 9.78 Å². The molecule has 0 radical (unpaired) electrons. The topological polar surface area (TPSA) is 56.1 Å². The van der Waals surface area contributed by atoms with Crippen molar-refractivity contribution >= 4 is 21.6 Å². The number of hydrogen-bond donors (Lipinski definition) is 1. The Hall–Kier alpha value is -0.880. The van der Waals surface area contributed by atoms with Gasteiger partial charge in [0.2, 0.25) is 0 Å². The molecule has 2 saturated carbocycles. The Bertz CT molecular complexity index is 595. The lowest BCUT2D eigenvalue weighted by molar-refractivity contribution is 0.0898. The quantitative estimate of drug-likeness (QED) is 0.882. The molecule has 4 rings (SSSR count). The van der Waals surface area contributed by atoms with E-state index in [2.05, 4.69) is 26.3 Å². The summed E-state index contributed by atoms with van der Waals surface area (Å²) in [6, 6.07) is 0.300. The summed E-state index contributed by atoms with van der Waals surface area (Å²) < 4.78 is 8.01. The van der Waals surface area contributed by atoms with E-state index in [1.165, 1.54) is 25.7 Å². The molecule has 0 amide bonds. The van der Waals surface area contributed by atoms with Crippen molar-refractivity contribution < 1.29 is 4.74 Å². The van der Waals surface area contributed by atoms with E-state index in [9.17, 15) is 4.79 Å². The fourth-order valence-electron chi connectivity index (χ4n) is 3.10. The monoisotopic (exact) mass is 353 g/mol. The molecule has 114 valence electrons. The number of nitrogens with zero attached hydrogens (tertiary/aromatic N) is 2. The smallest absolute Gasteiger partial charge is 0.283 e. The minimum atomic E-state index is -0.0335. The molecule has 1 aliphatic heterocycles. The molecule has 3 aliphatic rings. The molecule has 1 aromatic heterocycles. The summed E-state index contributed by atoms with van der Waals surface area (Å²) in [6.07, 6.45) is 8.04. The van der Waals surface area contributed by atoms with Gasteiger partial charge in [-0.25, -0.2) is 4.68 Å². The molecule has 2 atom stereocenters. The van der Waals surface area contributed by atoms with E-state index in [0.29, 0.717) is 28.5 Å². The number of rotatable bonds is 5. The van der Waals surface area contributed by atoms with Crippen LogP contribution in [0.5, 0.6) is 0 Å². The first-order valence-corrected chi connectivity index (χ1v) is 8.65. The maximum absolute atomic E-state index is 12.3. The lowest BCUT2D eigenvalue weighted by atomic mass is 10.1. The third-order valence-electron chi connectivity index (χ3n) is 4.68. The highest BCUT2D eigenvalue weighted by atomic mass is 79.9. The molecule has 2 aliphatic carbocycles. The van der Waals surface area contributed by atoms with Crippen LogP contribution in [0.1, 0.15) is 32.1 Å². The first-order chi connectivity index (χ1) is 10.2. The Morgan fingerprint density at radius 3 is 2.86 bits per heavy atom. The highest BCUT2D eigenvalue weighted by Gasteiger charge is 2.40. The highest BCUT2D eigenvalue weighted by Crippen LogP contribution is 2.40. The molecule has 0 spiro atoms. The van der Waals surface area contributed by atoms with Crippen LogP contribution in [0, 0.1) is 11.8 Å². The number of hydrogen-bond acceptors (Lipinski definition) is 4. The van der Waals surface area contributed by atoms with Gasteiger partial charge in [0.25, 0.3) is 5.56 Å². The third-order valence-corrected chi connectivity index (χ3v) is 5.44. The maximum atomic E-state index is 12.3. The molecule has 1 N–H and O–H groups in total. The molecule has 1 saturated heterocycles. The fourth-order valence-corrected chi connectivity index (χ4v) is 3.52. The summed E-state index contributed by atoms with van der Waals surface area (Å²) in [5.74, 6) is 1.34. The summed E-state index contributed by atoms with van der Waals surface area (Å²) in [5.41, 5.74) is 0.766. The molecule has 0 bridgehead atoms. The minimum Gasteiger partial charge on any atom is -0.377 e. The molecule has 0 aromatic carbocycles. The summed E-state index contributed by atoms with van der Waals surface area (Å²) in [4.78, 5) is 12.3. The van der Waals surface area contributed by atoms with Crippen molar-refractivity contribution in [3.8, 4) is 0 Å². The number of ether oxygens (including phenoxy) is 1. The maximum Gasteiger partial charge on any atom is 0.283 e.